The van der Waals surface area contributed by atoms with E-state index in [0.29, 0.717) is 23.0 Å². The van der Waals surface area contributed by atoms with Gasteiger partial charge in [-0.1, -0.05) is 35.9 Å². The Balaban J connectivity index is 1.25. The molecule has 0 bridgehead atoms. The number of hydrogen-bond acceptors (Lipinski definition) is 5. The molecule has 0 atom stereocenters. The number of fused-ring (bicyclic) bond motifs is 1. The fourth-order valence-corrected chi connectivity index (χ4v) is 5.21. The van der Waals surface area contributed by atoms with E-state index in [0.717, 1.165) is 53.3 Å². The molecule has 0 saturated carbocycles. The Morgan fingerprint density at radius 2 is 1.79 bits per heavy atom. The summed E-state index contributed by atoms with van der Waals surface area (Å²) in [5.41, 5.74) is 4.31. The van der Waals surface area contributed by atoms with Crippen molar-refractivity contribution in [1.29, 1.82) is 0 Å². The average Bonchev–Trinajstić information content (AvgIpc) is 3.41. The zero-order valence-corrected chi connectivity index (χ0v) is 20.0. The summed E-state index contributed by atoms with van der Waals surface area (Å²) in [5.74, 6) is -0.0640. The molecule has 1 aliphatic rings. The number of anilines is 1. The van der Waals surface area contributed by atoms with Gasteiger partial charge in [-0.15, -0.1) is 11.3 Å². The number of hydrogen-bond donors (Lipinski definition) is 1. The summed E-state index contributed by atoms with van der Waals surface area (Å²) in [6.45, 7) is 6.47. The Morgan fingerprint density at radius 3 is 2.52 bits per heavy atom. The van der Waals surface area contributed by atoms with Gasteiger partial charge >= 0.3 is 0 Å². The second kappa shape index (κ2) is 9.55. The maximum absolute atomic E-state index is 12.9. The number of aromatic nitrogens is 2. The Morgan fingerprint density at radius 1 is 1.09 bits per heavy atom. The second-order valence-corrected chi connectivity index (χ2v) is 9.61. The molecule has 6 nitrogen and oxygen atoms in total. The lowest BCUT2D eigenvalue weighted by Crippen LogP contribution is -2.36. The first-order valence-electron chi connectivity index (χ1n) is 11.0. The van der Waals surface area contributed by atoms with Crippen molar-refractivity contribution in [3.8, 4) is 0 Å². The lowest BCUT2D eigenvalue weighted by atomic mass is 10.2. The number of carbonyl (C=O) groups excluding carboxylic acids is 1. The highest BCUT2D eigenvalue weighted by molar-refractivity contribution is 7.20. The maximum atomic E-state index is 12.9. The quantitative estimate of drug-likeness (QED) is 0.427. The Labute approximate surface area is 201 Å². The van der Waals surface area contributed by atoms with E-state index in [1.54, 1.807) is 0 Å². The number of halogens is 1. The van der Waals surface area contributed by atoms with Gasteiger partial charge in [0.15, 0.2) is 0 Å². The van der Waals surface area contributed by atoms with Gasteiger partial charge in [0.25, 0.3) is 5.91 Å². The third-order valence-corrected chi connectivity index (χ3v) is 7.24. The van der Waals surface area contributed by atoms with Crippen LogP contribution in [0.3, 0.4) is 0 Å². The molecule has 1 aliphatic heterocycles. The number of ether oxygens (including phenoxy) is 1. The van der Waals surface area contributed by atoms with Crippen LogP contribution in [-0.4, -0.2) is 42.0 Å². The smallest absolute Gasteiger partial charge is 0.261 e. The van der Waals surface area contributed by atoms with Crippen LogP contribution in [0.15, 0.2) is 54.6 Å². The predicted octanol–water partition coefficient (Wildman–Crippen LogP) is 4.87. The van der Waals surface area contributed by atoms with Crippen LogP contribution in [0, 0.1) is 6.92 Å². The third-order valence-electron chi connectivity index (χ3n) is 5.84. The van der Waals surface area contributed by atoms with E-state index in [4.69, 9.17) is 16.3 Å². The van der Waals surface area contributed by atoms with Crippen molar-refractivity contribution in [3.05, 3.63) is 81.3 Å². The molecule has 0 unspecified atom stereocenters. The highest BCUT2D eigenvalue weighted by Gasteiger charge is 2.17. The summed E-state index contributed by atoms with van der Waals surface area (Å²) in [4.78, 5) is 16.9. The molecule has 1 amide bonds. The minimum atomic E-state index is -0.0640. The molecule has 2 aromatic heterocycles. The number of morpholine rings is 1. The zero-order valence-electron chi connectivity index (χ0n) is 18.4. The molecule has 0 spiro atoms. The second-order valence-electron chi connectivity index (χ2n) is 8.15. The lowest BCUT2D eigenvalue weighted by molar-refractivity contribution is 0.0955. The van der Waals surface area contributed by atoms with Gasteiger partial charge in [0.2, 0.25) is 0 Å². The van der Waals surface area contributed by atoms with Crippen LogP contribution < -0.4 is 10.2 Å². The topological polar surface area (TPSA) is 59.4 Å². The zero-order chi connectivity index (χ0) is 22.8. The van der Waals surface area contributed by atoms with Gasteiger partial charge in [0.1, 0.15) is 4.83 Å². The van der Waals surface area contributed by atoms with Gasteiger partial charge in [0.05, 0.1) is 30.3 Å². The summed E-state index contributed by atoms with van der Waals surface area (Å²) in [6, 6.07) is 18.1. The van der Waals surface area contributed by atoms with Crippen LogP contribution in [0.25, 0.3) is 10.2 Å². The first-order valence-corrected chi connectivity index (χ1v) is 12.2. The molecular weight excluding hydrogens is 456 g/mol. The van der Waals surface area contributed by atoms with Gasteiger partial charge in [-0.25, -0.2) is 0 Å². The number of benzene rings is 2. The molecule has 1 saturated heterocycles. The third kappa shape index (κ3) is 4.90. The first-order chi connectivity index (χ1) is 16.1. The normalized spacial score (nSPS) is 14.1. The Hall–Kier alpha value is -2.87. The van der Waals surface area contributed by atoms with Crippen LogP contribution in [0.1, 0.15) is 26.5 Å². The number of rotatable bonds is 6. The minimum absolute atomic E-state index is 0.0640. The van der Waals surface area contributed by atoms with Gasteiger partial charge in [-0.2, -0.15) is 5.10 Å². The van der Waals surface area contributed by atoms with E-state index in [9.17, 15) is 4.79 Å². The number of amides is 1. The van der Waals surface area contributed by atoms with Gasteiger partial charge < -0.3 is 15.0 Å². The van der Waals surface area contributed by atoms with E-state index < -0.39 is 0 Å². The summed E-state index contributed by atoms with van der Waals surface area (Å²) in [6.07, 6.45) is 0. The lowest BCUT2D eigenvalue weighted by Gasteiger charge is -2.28. The number of aryl methyl sites for hydroxylation is 1. The van der Waals surface area contributed by atoms with E-state index >= 15 is 0 Å². The SMILES string of the molecule is Cc1nn(Cc2ccc(Cl)cc2)c2sc(C(=O)NCc3ccc(N4CCOCC4)cc3)cc12. The summed E-state index contributed by atoms with van der Waals surface area (Å²) < 4.78 is 7.38. The molecular formula is C25H25ClN4O2S. The standard InChI is InChI=1S/C25H25ClN4O2S/c1-17-22-14-23(33-25(22)30(28-17)16-19-2-6-20(26)7-3-19)24(31)27-15-18-4-8-21(9-5-18)29-10-12-32-13-11-29/h2-9,14H,10-13,15-16H2,1H3,(H,27,31). The van der Waals surface area contributed by atoms with Crippen LogP contribution >= 0.6 is 22.9 Å². The van der Waals surface area contributed by atoms with Crippen molar-refractivity contribution in [2.75, 3.05) is 31.2 Å². The Bertz CT molecular complexity index is 1260. The largest absolute Gasteiger partial charge is 0.378 e. The maximum Gasteiger partial charge on any atom is 0.261 e. The number of thiophene rings is 1. The van der Waals surface area contributed by atoms with Crippen molar-refractivity contribution in [1.82, 2.24) is 15.1 Å². The molecule has 3 heterocycles. The number of nitrogens with zero attached hydrogens (tertiary/aromatic N) is 3. The van der Waals surface area contributed by atoms with Gasteiger partial charge in [-0.3, -0.25) is 9.48 Å². The summed E-state index contributed by atoms with van der Waals surface area (Å²) >= 11 is 7.47. The monoisotopic (exact) mass is 480 g/mol. The number of carbonyl (C=O) groups is 1. The molecule has 2 aromatic carbocycles. The highest BCUT2D eigenvalue weighted by atomic mass is 35.5. The number of nitrogens with one attached hydrogen (secondary N) is 1. The summed E-state index contributed by atoms with van der Waals surface area (Å²) in [5, 5.41) is 9.45. The molecule has 4 aromatic rings. The van der Waals surface area contributed by atoms with Crippen molar-refractivity contribution in [2.45, 2.75) is 20.0 Å². The molecule has 5 rings (SSSR count). The van der Waals surface area contributed by atoms with Crippen molar-refractivity contribution >= 4 is 44.7 Å². The van der Waals surface area contributed by atoms with Crippen LogP contribution in [-0.2, 0) is 17.8 Å². The fraction of sp³-hybridized carbons (Fsp3) is 0.280. The molecule has 8 heteroatoms. The molecule has 170 valence electrons. The van der Waals surface area contributed by atoms with Crippen LogP contribution in [0.5, 0.6) is 0 Å². The van der Waals surface area contributed by atoms with E-state index in [2.05, 4.69) is 39.6 Å². The fourth-order valence-electron chi connectivity index (χ4n) is 4.01. The molecule has 0 radical (unpaired) electrons. The predicted molar refractivity (Wildman–Crippen MR) is 134 cm³/mol. The van der Waals surface area contributed by atoms with E-state index in [-0.39, 0.29) is 5.91 Å². The molecule has 1 fully saturated rings. The van der Waals surface area contributed by atoms with E-state index in [1.807, 2.05) is 41.9 Å². The Kier molecular flexibility index (Phi) is 6.35. The molecule has 0 aliphatic carbocycles. The molecule has 1 N–H and O–H groups in total. The first kappa shape index (κ1) is 21.9. The van der Waals surface area contributed by atoms with Crippen molar-refractivity contribution in [3.63, 3.8) is 0 Å². The van der Waals surface area contributed by atoms with Gasteiger partial charge in [0, 0.05) is 35.7 Å². The molecule has 33 heavy (non-hydrogen) atoms. The van der Waals surface area contributed by atoms with Crippen molar-refractivity contribution in [2.24, 2.45) is 0 Å². The van der Waals surface area contributed by atoms with Crippen LogP contribution in [0.2, 0.25) is 5.02 Å². The average molecular weight is 481 g/mol. The van der Waals surface area contributed by atoms with E-state index in [1.165, 1.54) is 17.0 Å². The van der Waals surface area contributed by atoms with Gasteiger partial charge in [-0.05, 0) is 48.4 Å². The minimum Gasteiger partial charge on any atom is -0.378 e. The highest BCUT2D eigenvalue weighted by Crippen LogP contribution is 2.29. The summed E-state index contributed by atoms with van der Waals surface area (Å²) in [7, 11) is 0. The van der Waals surface area contributed by atoms with Crippen molar-refractivity contribution < 1.29 is 9.53 Å². The van der Waals surface area contributed by atoms with Crippen LogP contribution in [0.4, 0.5) is 5.69 Å².